The van der Waals surface area contributed by atoms with E-state index >= 15 is 0 Å². The fourth-order valence-corrected chi connectivity index (χ4v) is 4.24. The molecule has 0 fully saturated rings. The highest BCUT2D eigenvalue weighted by molar-refractivity contribution is 6.81. The third kappa shape index (κ3) is 7.34. The number of hydrogen-bond acceptors (Lipinski definition) is 5. The second-order valence-electron chi connectivity index (χ2n) is 8.71. The van der Waals surface area contributed by atoms with Crippen molar-refractivity contribution in [3.63, 3.8) is 0 Å². The number of para-hydroxylation sites is 2. The van der Waals surface area contributed by atoms with Crippen LogP contribution < -0.4 is 37.2 Å². The van der Waals surface area contributed by atoms with Crippen LogP contribution in [-0.2, 0) is 9.31 Å². The summed E-state index contributed by atoms with van der Waals surface area (Å²) in [5.41, 5.74) is 4.12. The van der Waals surface area contributed by atoms with Crippen molar-refractivity contribution in [3.05, 3.63) is 109 Å². The van der Waals surface area contributed by atoms with E-state index in [-0.39, 0.29) is 13.8 Å². The van der Waals surface area contributed by atoms with Crippen molar-refractivity contribution in [3.8, 4) is 11.5 Å². The lowest BCUT2D eigenvalue weighted by atomic mass is 9.54. The van der Waals surface area contributed by atoms with Gasteiger partial charge in [0, 0.05) is 26.3 Å². The van der Waals surface area contributed by atoms with Crippen LogP contribution in [0.25, 0.3) is 0 Å². The van der Waals surface area contributed by atoms with Crippen LogP contribution in [0.15, 0.2) is 109 Å². The first-order valence-electron chi connectivity index (χ1n) is 12.8. The Balaban J connectivity index is 1.69. The van der Waals surface area contributed by atoms with E-state index in [0.29, 0.717) is 13.2 Å². The fraction of sp³-hybridized carbons (Fsp3) is 0.200. The molecule has 7 heteroatoms. The first-order valence-corrected chi connectivity index (χ1v) is 12.8. The summed E-state index contributed by atoms with van der Waals surface area (Å²) in [6, 6.07) is 36.8. The number of nitrogens with one attached hydrogen (secondary N) is 2. The molecule has 0 saturated heterocycles. The van der Waals surface area contributed by atoms with Gasteiger partial charge in [0.15, 0.2) is 0 Å². The minimum absolute atomic E-state index is 0.255. The predicted molar refractivity (Wildman–Crippen MR) is 156 cm³/mol. The van der Waals surface area contributed by atoms with Crippen LogP contribution >= 0.6 is 0 Å². The standard InChI is InChI=1S/C30H34B2N2O3/c1-33-21-23-35-31(25-13-5-3-6-14-25)27-17-9-11-19-29(27)37-30-20-12-10-18-28(30)32(36-24-22-34-2)26-15-7-4-8-16-26/h3-20,33-34H,21-24H2,1-2H3. The van der Waals surface area contributed by atoms with Crippen molar-refractivity contribution < 1.29 is 14.0 Å². The van der Waals surface area contributed by atoms with Crippen molar-refractivity contribution in [2.24, 2.45) is 0 Å². The minimum Gasteiger partial charge on any atom is -0.458 e. The van der Waals surface area contributed by atoms with Gasteiger partial charge >= 0.3 is 13.8 Å². The zero-order valence-electron chi connectivity index (χ0n) is 21.6. The monoisotopic (exact) mass is 492 g/mol. The summed E-state index contributed by atoms with van der Waals surface area (Å²) in [5.74, 6) is 1.52. The van der Waals surface area contributed by atoms with E-state index in [2.05, 4.69) is 47.0 Å². The zero-order chi connectivity index (χ0) is 25.7. The largest absolute Gasteiger partial charge is 0.458 e. The summed E-state index contributed by atoms with van der Waals surface area (Å²) in [7, 11) is 3.85. The summed E-state index contributed by atoms with van der Waals surface area (Å²) in [6.07, 6.45) is 0. The van der Waals surface area contributed by atoms with E-state index in [1.165, 1.54) is 0 Å². The molecule has 0 radical (unpaired) electrons. The van der Waals surface area contributed by atoms with Crippen LogP contribution in [-0.4, -0.2) is 54.2 Å². The van der Waals surface area contributed by atoms with Gasteiger partial charge in [-0.25, -0.2) is 0 Å². The molecule has 0 aromatic heterocycles. The average molecular weight is 492 g/mol. The molecular weight excluding hydrogens is 458 g/mol. The van der Waals surface area contributed by atoms with Crippen LogP contribution in [0.3, 0.4) is 0 Å². The Morgan fingerprint density at radius 3 is 1.30 bits per heavy atom. The average Bonchev–Trinajstić information content (AvgIpc) is 2.96. The van der Waals surface area contributed by atoms with Crippen LogP contribution in [0.1, 0.15) is 0 Å². The van der Waals surface area contributed by atoms with E-state index in [4.69, 9.17) is 14.0 Å². The molecule has 4 aromatic rings. The smallest absolute Gasteiger partial charge is 0.365 e. The molecule has 0 aliphatic heterocycles. The molecule has 0 atom stereocenters. The third-order valence-electron chi connectivity index (χ3n) is 6.10. The topological polar surface area (TPSA) is 51.8 Å². The lowest BCUT2D eigenvalue weighted by molar-refractivity contribution is 0.332. The lowest BCUT2D eigenvalue weighted by Crippen LogP contribution is -2.47. The van der Waals surface area contributed by atoms with E-state index < -0.39 is 0 Å². The van der Waals surface area contributed by atoms with E-state index in [9.17, 15) is 0 Å². The van der Waals surface area contributed by atoms with Gasteiger partial charge in [0.2, 0.25) is 0 Å². The van der Waals surface area contributed by atoms with E-state index in [1.54, 1.807) is 0 Å². The van der Waals surface area contributed by atoms with Crippen molar-refractivity contribution in [2.75, 3.05) is 40.4 Å². The summed E-state index contributed by atoms with van der Waals surface area (Å²) in [4.78, 5) is 0. The van der Waals surface area contributed by atoms with Gasteiger partial charge in [0.25, 0.3) is 0 Å². The van der Waals surface area contributed by atoms with Gasteiger partial charge in [0.1, 0.15) is 11.5 Å². The molecule has 4 rings (SSSR count). The van der Waals surface area contributed by atoms with Crippen LogP contribution in [0, 0.1) is 0 Å². The maximum absolute atomic E-state index is 6.67. The van der Waals surface area contributed by atoms with Crippen LogP contribution in [0.5, 0.6) is 11.5 Å². The van der Waals surface area contributed by atoms with Gasteiger partial charge < -0.3 is 24.7 Å². The van der Waals surface area contributed by atoms with E-state index in [0.717, 1.165) is 46.4 Å². The third-order valence-corrected chi connectivity index (χ3v) is 6.10. The van der Waals surface area contributed by atoms with Gasteiger partial charge in [-0.15, -0.1) is 0 Å². The Morgan fingerprint density at radius 2 is 0.892 bits per heavy atom. The number of hydrogen-bond donors (Lipinski definition) is 2. The van der Waals surface area contributed by atoms with Crippen molar-refractivity contribution in [1.29, 1.82) is 0 Å². The van der Waals surface area contributed by atoms with Gasteiger partial charge in [-0.05, 0) is 48.1 Å². The molecule has 0 spiro atoms. The predicted octanol–water partition coefficient (Wildman–Crippen LogP) is 2.16. The first-order chi connectivity index (χ1) is 18.3. The number of likely N-dealkylation sites (N-methyl/N-ethyl adjacent to an activating group) is 2. The van der Waals surface area contributed by atoms with Crippen molar-refractivity contribution >= 4 is 35.7 Å². The Kier molecular flexibility index (Phi) is 10.4. The molecule has 0 saturated carbocycles. The molecule has 5 nitrogen and oxygen atoms in total. The Hall–Kier alpha value is -3.35. The maximum Gasteiger partial charge on any atom is 0.365 e. The lowest BCUT2D eigenvalue weighted by Gasteiger charge is -2.21. The Morgan fingerprint density at radius 1 is 0.514 bits per heavy atom. The molecule has 4 aromatic carbocycles. The molecule has 0 aliphatic carbocycles. The Labute approximate surface area is 221 Å². The summed E-state index contributed by atoms with van der Waals surface area (Å²) >= 11 is 0. The number of ether oxygens (including phenoxy) is 1. The zero-order valence-corrected chi connectivity index (χ0v) is 21.6. The minimum atomic E-state index is -0.255. The van der Waals surface area contributed by atoms with Gasteiger partial charge in [-0.3, -0.25) is 0 Å². The molecule has 0 unspecified atom stereocenters. The Bertz CT molecular complexity index is 1120. The van der Waals surface area contributed by atoms with E-state index in [1.807, 2.05) is 86.9 Å². The van der Waals surface area contributed by atoms with Gasteiger partial charge in [0.05, 0.1) is 0 Å². The highest BCUT2D eigenvalue weighted by Crippen LogP contribution is 2.20. The normalized spacial score (nSPS) is 10.8. The molecule has 188 valence electrons. The van der Waals surface area contributed by atoms with Crippen molar-refractivity contribution in [1.82, 2.24) is 10.6 Å². The molecular formula is C30H34B2N2O3. The molecule has 0 amide bonds. The van der Waals surface area contributed by atoms with Gasteiger partial charge in [-0.1, -0.05) is 97.1 Å². The molecule has 2 N–H and O–H groups in total. The quantitative estimate of drug-likeness (QED) is 0.209. The van der Waals surface area contributed by atoms with Crippen LogP contribution in [0.4, 0.5) is 0 Å². The second kappa shape index (κ2) is 14.4. The highest BCUT2D eigenvalue weighted by atomic mass is 16.5. The molecule has 0 aliphatic rings. The number of benzene rings is 4. The SMILES string of the molecule is CNCCOB(c1ccccc1)c1ccccc1Oc1ccccc1B(OCCNC)c1ccccc1. The molecule has 37 heavy (non-hydrogen) atoms. The number of rotatable bonds is 14. The first kappa shape index (κ1) is 26.7. The maximum atomic E-state index is 6.67. The van der Waals surface area contributed by atoms with Crippen molar-refractivity contribution in [2.45, 2.75) is 0 Å². The molecule has 0 heterocycles. The fourth-order valence-electron chi connectivity index (χ4n) is 4.24. The molecule has 0 bridgehead atoms. The summed E-state index contributed by atoms with van der Waals surface area (Å²) in [6.45, 7) is 2.17. The highest BCUT2D eigenvalue weighted by Gasteiger charge is 2.28. The van der Waals surface area contributed by atoms with Gasteiger partial charge in [-0.2, -0.15) is 0 Å². The summed E-state index contributed by atoms with van der Waals surface area (Å²) < 4.78 is 19.4. The second-order valence-corrected chi connectivity index (χ2v) is 8.71. The summed E-state index contributed by atoms with van der Waals surface area (Å²) in [5, 5.41) is 6.32. The van der Waals surface area contributed by atoms with Crippen LogP contribution in [0.2, 0.25) is 0 Å².